The van der Waals surface area contributed by atoms with Crippen LogP contribution in [-0.4, -0.2) is 30.9 Å². The van der Waals surface area contributed by atoms with Crippen molar-refractivity contribution in [1.29, 1.82) is 0 Å². The number of nitrogens with zero attached hydrogens (tertiary/aromatic N) is 1. The van der Waals surface area contributed by atoms with E-state index in [1.165, 1.54) is 17.3 Å². The van der Waals surface area contributed by atoms with Crippen molar-refractivity contribution in [2.45, 2.75) is 13.0 Å². The van der Waals surface area contributed by atoms with Gasteiger partial charge in [-0.05, 0) is 29.9 Å². The van der Waals surface area contributed by atoms with Crippen LogP contribution in [0, 0.1) is 5.92 Å². The van der Waals surface area contributed by atoms with E-state index in [1.54, 1.807) is 0 Å². The predicted molar refractivity (Wildman–Crippen MR) is 73.7 cm³/mol. The molecular weight excluding hydrogens is 224 g/mol. The quantitative estimate of drug-likeness (QED) is 0.817. The van der Waals surface area contributed by atoms with Crippen molar-refractivity contribution in [1.82, 2.24) is 9.88 Å². The van der Waals surface area contributed by atoms with E-state index in [1.807, 2.05) is 0 Å². The second kappa shape index (κ2) is 5.55. The van der Waals surface area contributed by atoms with E-state index in [0.29, 0.717) is 5.92 Å². The number of nitrogens with one attached hydrogen (secondary N) is 1. The van der Waals surface area contributed by atoms with Crippen molar-refractivity contribution in [3.8, 4) is 0 Å². The van der Waals surface area contributed by atoms with Gasteiger partial charge in [-0.25, -0.2) is 0 Å². The Balaban J connectivity index is 1.50. The molecule has 1 aromatic heterocycles. The molecule has 3 nitrogen and oxygen atoms in total. The number of hydrogen-bond acceptors (Lipinski definition) is 2. The van der Waals surface area contributed by atoms with E-state index in [4.69, 9.17) is 4.74 Å². The number of rotatable bonds is 5. The maximum Gasteiger partial charge on any atom is 0.0507 e. The first-order valence-electron chi connectivity index (χ1n) is 6.76. The number of aromatic nitrogens is 1. The molecule has 0 amide bonds. The van der Waals surface area contributed by atoms with Gasteiger partial charge in [0.15, 0.2) is 0 Å². The normalized spacial score (nSPS) is 19.7. The number of fused-ring (bicyclic) bond motifs is 1. The Morgan fingerprint density at radius 2 is 2.22 bits per heavy atom. The summed E-state index contributed by atoms with van der Waals surface area (Å²) >= 11 is 0. The molecule has 3 heteroatoms. The topological polar surface area (TPSA) is 26.2 Å². The number of para-hydroxylation sites is 1. The van der Waals surface area contributed by atoms with Crippen LogP contribution in [0.5, 0.6) is 0 Å². The molecular formula is C15H20N2O. The summed E-state index contributed by atoms with van der Waals surface area (Å²) in [7, 11) is 0. The third kappa shape index (κ3) is 2.57. The lowest BCUT2D eigenvalue weighted by Gasteiger charge is -2.10. The summed E-state index contributed by atoms with van der Waals surface area (Å²) in [6.45, 7) is 5.00. The number of benzene rings is 1. The van der Waals surface area contributed by atoms with Gasteiger partial charge in [-0.3, -0.25) is 0 Å². The number of hydrogen-bond donors (Lipinski definition) is 1. The Kier molecular flexibility index (Phi) is 3.62. The highest BCUT2D eigenvalue weighted by atomic mass is 16.5. The highest BCUT2D eigenvalue weighted by Gasteiger charge is 2.14. The molecule has 18 heavy (non-hydrogen) atoms. The standard InChI is InChI=1S/C15H20N2O/c1-2-4-15-14(3-1)5-8-17(15)9-7-16-11-13-6-10-18-12-13/h1-5,8,13,16H,6-7,9-12H2. The monoisotopic (exact) mass is 244 g/mol. The largest absolute Gasteiger partial charge is 0.381 e. The summed E-state index contributed by atoms with van der Waals surface area (Å²) in [6.07, 6.45) is 3.38. The molecule has 1 unspecified atom stereocenters. The second-order valence-electron chi connectivity index (χ2n) is 5.00. The van der Waals surface area contributed by atoms with Crippen molar-refractivity contribution < 1.29 is 4.74 Å². The van der Waals surface area contributed by atoms with E-state index in [-0.39, 0.29) is 0 Å². The third-order valence-corrected chi connectivity index (χ3v) is 3.67. The Morgan fingerprint density at radius 3 is 3.11 bits per heavy atom. The van der Waals surface area contributed by atoms with Gasteiger partial charge in [0.25, 0.3) is 0 Å². The molecule has 0 radical (unpaired) electrons. The van der Waals surface area contributed by atoms with Gasteiger partial charge in [-0.2, -0.15) is 0 Å². The van der Waals surface area contributed by atoms with Crippen LogP contribution in [0.1, 0.15) is 6.42 Å². The molecule has 0 spiro atoms. The van der Waals surface area contributed by atoms with Gasteiger partial charge in [-0.15, -0.1) is 0 Å². The SMILES string of the molecule is c1ccc2c(c1)ccn2CCNCC1CCOC1. The Bertz CT molecular complexity index is 500. The van der Waals surface area contributed by atoms with Gasteiger partial charge in [0.1, 0.15) is 0 Å². The zero-order valence-corrected chi connectivity index (χ0v) is 10.6. The van der Waals surface area contributed by atoms with E-state index in [0.717, 1.165) is 32.8 Å². The second-order valence-corrected chi connectivity index (χ2v) is 5.00. The molecule has 0 bridgehead atoms. The summed E-state index contributed by atoms with van der Waals surface area (Å²) in [5.74, 6) is 0.714. The predicted octanol–water partition coefficient (Wildman–Crippen LogP) is 2.27. The van der Waals surface area contributed by atoms with Crippen LogP contribution in [0.4, 0.5) is 0 Å². The maximum atomic E-state index is 5.37. The fourth-order valence-corrected chi connectivity index (χ4v) is 2.59. The average Bonchev–Trinajstić information content (AvgIpc) is 3.04. The Labute approximate surface area is 108 Å². The average molecular weight is 244 g/mol. The van der Waals surface area contributed by atoms with Gasteiger partial charge in [-0.1, -0.05) is 18.2 Å². The van der Waals surface area contributed by atoms with E-state index >= 15 is 0 Å². The van der Waals surface area contributed by atoms with Crippen molar-refractivity contribution in [3.05, 3.63) is 36.5 Å². The summed E-state index contributed by atoms with van der Waals surface area (Å²) < 4.78 is 7.69. The molecule has 1 N–H and O–H groups in total. The van der Waals surface area contributed by atoms with Gasteiger partial charge < -0.3 is 14.6 Å². The van der Waals surface area contributed by atoms with Crippen LogP contribution in [0.25, 0.3) is 10.9 Å². The lowest BCUT2D eigenvalue weighted by molar-refractivity contribution is 0.185. The lowest BCUT2D eigenvalue weighted by atomic mass is 10.1. The zero-order valence-electron chi connectivity index (χ0n) is 10.6. The minimum absolute atomic E-state index is 0.714. The molecule has 1 aromatic carbocycles. The fraction of sp³-hybridized carbons (Fsp3) is 0.467. The minimum Gasteiger partial charge on any atom is -0.381 e. The van der Waals surface area contributed by atoms with Crippen LogP contribution in [-0.2, 0) is 11.3 Å². The van der Waals surface area contributed by atoms with Crippen molar-refractivity contribution in [3.63, 3.8) is 0 Å². The van der Waals surface area contributed by atoms with Crippen molar-refractivity contribution in [2.24, 2.45) is 5.92 Å². The molecule has 2 aromatic rings. The maximum absolute atomic E-state index is 5.37. The summed E-state index contributed by atoms with van der Waals surface area (Å²) in [4.78, 5) is 0. The van der Waals surface area contributed by atoms with Gasteiger partial charge in [0.05, 0.1) is 6.61 Å². The van der Waals surface area contributed by atoms with Crippen LogP contribution in [0.15, 0.2) is 36.5 Å². The van der Waals surface area contributed by atoms with Gasteiger partial charge in [0.2, 0.25) is 0 Å². The first kappa shape index (κ1) is 11.8. The van der Waals surface area contributed by atoms with Crippen molar-refractivity contribution >= 4 is 10.9 Å². The molecule has 0 saturated carbocycles. The third-order valence-electron chi connectivity index (χ3n) is 3.67. The minimum atomic E-state index is 0.714. The fourth-order valence-electron chi connectivity index (χ4n) is 2.59. The van der Waals surface area contributed by atoms with Crippen LogP contribution < -0.4 is 5.32 Å². The Hall–Kier alpha value is -1.32. The van der Waals surface area contributed by atoms with Crippen LogP contribution in [0.3, 0.4) is 0 Å². The van der Waals surface area contributed by atoms with E-state index < -0.39 is 0 Å². The first-order valence-corrected chi connectivity index (χ1v) is 6.76. The molecule has 0 aliphatic carbocycles. The zero-order chi connectivity index (χ0) is 12.2. The van der Waals surface area contributed by atoms with Crippen molar-refractivity contribution in [2.75, 3.05) is 26.3 Å². The lowest BCUT2D eigenvalue weighted by Crippen LogP contribution is -2.26. The Morgan fingerprint density at radius 1 is 1.28 bits per heavy atom. The smallest absolute Gasteiger partial charge is 0.0507 e. The summed E-state index contributed by atoms with van der Waals surface area (Å²) in [5, 5.41) is 4.85. The summed E-state index contributed by atoms with van der Waals surface area (Å²) in [6, 6.07) is 10.7. The van der Waals surface area contributed by atoms with Crippen LogP contribution in [0.2, 0.25) is 0 Å². The molecule has 3 rings (SSSR count). The van der Waals surface area contributed by atoms with E-state index in [9.17, 15) is 0 Å². The number of ether oxygens (including phenoxy) is 1. The highest BCUT2D eigenvalue weighted by molar-refractivity contribution is 5.79. The van der Waals surface area contributed by atoms with Gasteiger partial charge in [0, 0.05) is 38.0 Å². The molecule has 96 valence electrons. The van der Waals surface area contributed by atoms with Gasteiger partial charge >= 0.3 is 0 Å². The molecule has 1 fully saturated rings. The van der Waals surface area contributed by atoms with E-state index in [2.05, 4.69) is 46.4 Å². The van der Waals surface area contributed by atoms with Crippen LogP contribution >= 0.6 is 0 Å². The summed E-state index contributed by atoms with van der Waals surface area (Å²) in [5.41, 5.74) is 1.32. The molecule has 1 aliphatic heterocycles. The first-order chi connectivity index (χ1) is 8.93. The molecule has 1 saturated heterocycles. The molecule has 1 atom stereocenters. The molecule has 2 heterocycles. The molecule has 1 aliphatic rings. The highest BCUT2D eigenvalue weighted by Crippen LogP contribution is 2.14.